The van der Waals surface area contributed by atoms with Crippen molar-refractivity contribution < 1.29 is 0 Å². The van der Waals surface area contributed by atoms with E-state index in [9.17, 15) is 0 Å². The molecule has 4 heteroatoms. The molecule has 0 atom stereocenters. The molecule has 116 valence electrons. The average Bonchev–Trinajstić information content (AvgIpc) is 2.56. The molecule has 1 aliphatic heterocycles. The zero-order valence-corrected chi connectivity index (χ0v) is 13.3. The lowest BCUT2D eigenvalue weighted by atomic mass is 10.1. The second-order valence-electron chi connectivity index (χ2n) is 5.99. The molecule has 0 N–H and O–H groups in total. The first-order valence-corrected chi connectivity index (χ1v) is 8.32. The van der Waals surface area contributed by atoms with Gasteiger partial charge in [-0.25, -0.2) is 4.98 Å². The van der Waals surface area contributed by atoms with Crippen molar-refractivity contribution in [3.8, 4) is 0 Å². The normalized spacial score (nSPS) is 15.0. The monoisotopic (exact) mass is 296 g/mol. The average molecular weight is 296 g/mol. The molecule has 0 spiro atoms. The standard InChI is InChI=1S/C18H24N4/c1-15-19-17(12-8-11-16-9-4-2-5-10-16)21-18(20-15)22-13-6-3-7-14-22/h2,4-5,9-10H,3,6-8,11-14H2,1H3. The van der Waals surface area contributed by atoms with Crippen molar-refractivity contribution in [2.75, 3.05) is 18.0 Å². The molecule has 0 aliphatic carbocycles. The molecule has 2 heterocycles. The molecule has 0 amide bonds. The first-order valence-electron chi connectivity index (χ1n) is 8.32. The summed E-state index contributed by atoms with van der Waals surface area (Å²) in [7, 11) is 0. The molecule has 1 aromatic carbocycles. The van der Waals surface area contributed by atoms with E-state index in [0.717, 1.165) is 49.9 Å². The molecule has 4 nitrogen and oxygen atoms in total. The maximum Gasteiger partial charge on any atom is 0.228 e. The van der Waals surface area contributed by atoms with Gasteiger partial charge in [0.1, 0.15) is 11.6 Å². The van der Waals surface area contributed by atoms with Crippen LogP contribution in [0.25, 0.3) is 0 Å². The van der Waals surface area contributed by atoms with Crippen LogP contribution in [0.2, 0.25) is 0 Å². The summed E-state index contributed by atoms with van der Waals surface area (Å²) >= 11 is 0. The molecule has 3 rings (SSSR count). The van der Waals surface area contributed by atoms with Crippen molar-refractivity contribution in [1.82, 2.24) is 15.0 Å². The fraction of sp³-hybridized carbons (Fsp3) is 0.500. The lowest BCUT2D eigenvalue weighted by Gasteiger charge is -2.26. The predicted octanol–water partition coefficient (Wildman–Crippen LogP) is 3.35. The van der Waals surface area contributed by atoms with E-state index in [-0.39, 0.29) is 0 Å². The topological polar surface area (TPSA) is 41.9 Å². The van der Waals surface area contributed by atoms with E-state index in [0.29, 0.717) is 0 Å². The Morgan fingerprint density at radius 2 is 1.68 bits per heavy atom. The summed E-state index contributed by atoms with van der Waals surface area (Å²) in [6.45, 7) is 4.12. The SMILES string of the molecule is Cc1nc(CCCc2ccccc2)nc(N2CCCCC2)n1. The van der Waals surface area contributed by atoms with Crippen molar-refractivity contribution in [3.63, 3.8) is 0 Å². The second kappa shape index (κ2) is 7.34. The molecule has 0 saturated carbocycles. The van der Waals surface area contributed by atoms with Crippen molar-refractivity contribution in [2.45, 2.75) is 45.4 Å². The Morgan fingerprint density at radius 3 is 2.45 bits per heavy atom. The summed E-state index contributed by atoms with van der Waals surface area (Å²) in [5, 5.41) is 0. The van der Waals surface area contributed by atoms with Crippen LogP contribution in [0.5, 0.6) is 0 Å². The molecule has 22 heavy (non-hydrogen) atoms. The van der Waals surface area contributed by atoms with E-state index >= 15 is 0 Å². The summed E-state index contributed by atoms with van der Waals surface area (Å²) in [5.74, 6) is 2.65. The van der Waals surface area contributed by atoms with E-state index in [1.807, 2.05) is 6.92 Å². The summed E-state index contributed by atoms with van der Waals surface area (Å²) in [5.41, 5.74) is 1.38. The lowest BCUT2D eigenvalue weighted by Crippen LogP contribution is -2.31. The fourth-order valence-electron chi connectivity index (χ4n) is 2.96. The number of piperidine rings is 1. The lowest BCUT2D eigenvalue weighted by molar-refractivity contribution is 0.564. The van der Waals surface area contributed by atoms with Gasteiger partial charge in [0, 0.05) is 19.5 Å². The van der Waals surface area contributed by atoms with E-state index in [1.165, 1.54) is 24.8 Å². The summed E-state index contributed by atoms with van der Waals surface area (Å²) < 4.78 is 0. The summed E-state index contributed by atoms with van der Waals surface area (Å²) in [6.07, 6.45) is 6.88. The number of hydrogen-bond acceptors (Lipinski definition) is 4. The number of nitrogens with zero attached hydrogens (tertiary/aromatic N) is 4. The summed E-state index contributed by atoms with van der Waals surface area (Å²) in [6, 6.07) is 10.6. The number of benzene rings is 1. The van der Waals surface area contributed by atoms with Crippen LogP contribution >= 0.6 is 0 Å². The van der Waals surface area contributed by atoms with Gasteiger partial charge in [0.15, 0.2) is 0 Å². The molecule has 1 aliphatic rings. The van der Waals surface area contributed by atoms with Gasteiger partial charge in [0.25, 0.3) is 0 Å². The highest BCUT2D eigenvalue weighted by atomic mass is 15.3. The fourth-order valence-corrected chi connectivity index (χ4v) is 2.96. The van der Waals surface area contributed by atoms with Crippen LogP contribution in [-0.2, 0) is 12.8 Å². The van der Waals surface area contributed by atoms with Crippen LogP contribution in [-0.4, -0.2) is 28.0 Å². The summed E-state index contributed by atoms with van der Waals surface area (Å²) in [4.78, 5) is 16.0. The quantitative estimate of drug-likeness (QED) is 0.848. The van der Waals surface area contributed by atoms with Crippen molar-refractivity contribution in [3.05, 3.63) is 47.5 Å². The Kier molecular flexibility index (Phi) is 4.99. The van der Waals surface area contributed by atoms with Gasteiger partial charge in [-0.1, -0.05) is 30.3 Å². The van der Waals surface area contributed by atoms with Gasteiger partial charge in [0.2, 0.25) is 5.95 Å². The van der Waals surface area contributed by atoms with Gasteiger partial charge in [-0.15, -0.1) is 0 Å². The number of rotatable bonds is 5. The molecule has 1 aromatic heterocycles. The van der Waals surface area contributed by atoms with Crippen LogP contribution in [0.3, 0.4) is 0 Å². The first-order chi connectivity index (χ1) is 10.8. The molecular formula is C18H24N4. The first kappa shape index (κ1) is 14.9. The third-order valence-corrected chi connectivity index (χ3v) is 4.13. The largest absolute Gasteiger partial charge is 0.341 e. The molecule has 0 radical (unpaired) electrons. The highest BCUT2D eigenvalue weighted by molar-refractivity contribution is 5.30. The third-order valence-electron chi connectivity index (χ3n) is 4.13. The zero-order chi connectivity index (χ0) is 15.2. The van der Waals surface area contributed by atoms with Crippen LogP contribution in [0.15, 0.2) is 30.3 Å². The Morgan fingerprint density at radius 1 is 0.909 bits per heavy atom. The number of aryl methyl sites for hydroxylation is 3. The van der Waals surface area contributed by atoms with Gasteiger partial charge in [-0.05, 0) is 44.6 Å². The van der Waals surface area contributed by atoms with Gasteiger partial charge in [-0.3, -0.25) is 0 Å². The molecule has 2 aromatic rings. The smallest absolute Gasteiger partial charge is 0.228 e. The Balaban J connectivity index is 1.62. The Labute approximate surface area is 132 Å². The maximum atomic E-state index is 4.69. The minimum atomic E-state index is 0.838. The highest BCUT2D eigenvalue weighted by Gasteiger charge is 2.15. The van der Waals surface area contributed by atoms with Crippen LogP contribution < -0.4 is 4.90 Å². The minimum Gasteiger partial charge on any atom is -0.341 e. The molecule has 0 bridgehead atoms. The van der Waals surface area contributed by atoms with Crippen LogP contribution in [0.1, 0.15) is 42.9 Å². The van der Waals surface area contributed by atoms with E-state index in [1.54, 1.807) is 0 Å². The number of anilines is 1. The number of aromatic nitrogens is 3. The van der Waals surface area contributed by atoms with Gasteiger partial charge in [-0.2, -0.15) is 9.97 Å². The minimum absolute atomic E-state index is 0.838. The van der Waals surface area contributed by atoms with Crippen LogP contribution in [0.4, 0.5) is 5.95 Å². The van der Waals surface area contributed by atoms with E-state index in [2.05, 4.69) is 45.2 Å². The molecule has 0 unspecified atom stereocenters. The van der Waals surface area contributed by atoms with Crippen molar-refractivity contribution in [1.29, 1.82) is 0 Å². The zero-order valence-electron chi connectivity index (χ0n) is 13.3. The van der Waals surface area contributed by atoms with Gasteiger partial charge >= 0.3 is 0 Å². The van der Waals surface area contributed by atoms with Gasteiger partial charge in [0.05, 0.1) is 0 Å². The molecule has 1 saturated heterocycles. The predicted molar refractivity (Wildman–Crippen MR) is 89.1 cm³/mol. The van der Waals surface area contributed by atoms with Crippen molar-refractivity contribution >= 4 is 5.95 Å². The number of hydrogen-bond donors (Lipinski definition) is 0. The molecular weight excluding hydrogens is 272 g/mol. The Hall–Kier alpha value is -1.97. The van der Waals surface area contributed by atoms with Crippen LogP contribution in [0, 0.1) is 6.92 Å². The van der Waals surface area contributed by atoms with Crippen molar-refractivity contribution in [2.24, 2.45) is 0 Å². The van der Waals surface area contributed by atoms with E-state index in [4.69, 9.17) is 4.98 Å². The second-order valence-corrected chi connectivity index (χ2v) is 5.99. The third kappa shape index (κ3) is 4.03. The molecule has 1 fully saturated rings. The van der Waals surface area contributed by atoms with E-state index < -0.39 is 0 Å². The highest BCUT2D eigenvalue weighted by Crippen LogP contribution is 2.16. The Bertz CT molecular complexity index is 591. The maximum absolute atomic E-state index is 4.69. The van der Waals surface area contributed by atoms with Gasteiger partial charge < -0.3 is 4.90 Å².